The van der Waals surface area contributed by atoms with E-state index in [0.717, 1.165) is 11.9 Å². The van der Waals surface area contributed by atoms with Crippen molar-refractivity contribution in [3.8, 4) is 0 Å². The highest BCUT2D eigenvalue weighted by atomic mass is 32.2. The molecule has 1 amide bonds. The van der Waals surface area contributed by atoms with E-state index in [1.165, 1.54) is 23.9 Å². The van der Waals surface area contributed by atoms with Crippen LogP contribution in [0, 0.1) is 0 Å². The summed E-state index contributed by atoms with van der Waals surface area (Å²) in [4.78, 5) is 18.6. The molecule has 7 nitrogen and oxygen atoms in total. The lowest BCUT2D eigenvalue weighted by Crippen LogP contribution is -2.32. The number of hydrogen-bond donors (Lipinski definition) is 1. The molecule has 0 aliphatic carbocycles. The van der Waals surface area contributed by atoms with Gasteiger partial charge in [0.1, 0.15) is 0 Å². The van der Waals surface area contributed by atoms with E-state index in [4.69, 9.17) is 5.14 Å². The summed E-state index contributed by atoms with van der Waals surface area (Å²) in [7, 11) is -3.80. The quantitative estimate of drug-likeness (QED) is 0.481. The Balaban J connectivity index is 2.30. The minimum atomic E-state index is -3.80. The fourth-order valence-electron chi connectivity index (χ4n) is 2.62. The van der Waals surface area contributed by atoms with Crippen molar-refractivity contribution >= 4 is 38.7 Å². The molecule has 1 aromatic carbocycles. The van der Waals surface area contributed by atoms with Crippen LogP contribution in [0.5, 0.6) is 0 Å². The first-order valence-electron chi connectivity index (χ1n) is 8.47. The molecule has 0 bridgehead atoms. The Morgan fingerprint density at radius 2 is 2.00 bits per heavy atom. The van der Waals surface area contributed by atoms with E-state index in [1.54, 1.807) is 23.1 Å². The Morgan fingerprint density at radius 3 is 2.56 bits per heavy atom. The van der Waals surface area contributed by atoms with E-state index in [-0.39, 0.29) is 16.6 Å². The van der Waals surface area contributed by atoms with Gasteiger partial charge in [0.05, 0.1) is 21.7 Å². The number of nitrogens with zero attached hydrogens (tertiary/aromatic N) is 3. The number of amides is 1. The molecule has 0 saturated heterocycles. The zero-order valence-electron chi connectivity index (χ0n) is 15.3. The van der Waals surface area contributed by atoms with Gasteiger partial charge in [-0.05, 0) is 24.6 Å². The topological polar surface area (TPSA) is 98.3 Å². The van der Waals surface area contributed by atoms with Crippen LogP contribution in [0.1, 0.15) is 13.3 Å². The highest BCUT2D eigenvalue weighted by Gasteiger charge is 2.17. The van der Waals surface area contributed by atoms with E-state index in [0.29, 0.717) is 30.3 Å². The Morgan fingerprint density at radius 1 is 1.33 bits per heavy atom. The first-order chi connectivity index (χ1) is 12.8. The lowest BCUT2D eigenvalue weighted by atomic mass is 10.3. The molecule has 2 aromatic rings. The Hall–Kier alpha value is -2.10. The maximum Gasteiger partial charge on any atom is 0.238 e. The van der Waals surface area contributed by atoms with Crippen LogP contribution in [0.15, 0.2) is 53.6 Å². The van der Waals surface area contributed by atoms with E-state index >= 15 is 0 Å². The molecule has 2 N–H and O–H groups in total. The van der Waals surface area contributed by atoms with Crippen LogP contribution in [0.3, 0.4) is 0 Å². The zero-order chi connectivity index (χ0) is 20.0. The number of rotatable bonds is 10. The minimum absolute atomic E-state index is 0.0203. The number of imidazole rings is 1. The molecule has 0 aliphatic rings. The van der Waals surface area contributed by atoms with Gasteiger partial charge in [0.15, 0.2) is 5.16 Å². The second-order valence-corrected chi connectivity index (χ2v) is 8.41. The van der Waals surface area contributed by atoms with Gasteiger partial charge in [-0.2, -0.15) is 0 Å². The standard InChI is InChI=1S/C18H24N4O3S2/c1-4-9-21(10-5-2)17(23)13-26-18-20-15-12-14(27(19,24)25)7-8-16(15)22(18)11-6-3/h4-5,7-8,12H,1-2,6,9-11,13H2,3H3,(H2,19,24,25). The predicted octanol–water partition coefficient (Wildman–Crippen LogP) is 2.39. The van der Waals surface area contributed by atoms with E-state index in [1.807, 2.05) is 11.5 Å². The molecular formula is C18H24N4O3S2. The van der Waals surface area contributed by atoms with E-state index < -0.39 is 10.0 Å². The molecule has 9 heteroatoms. The normalized spacial score (nSPS) is 11.5. The number of carbonyl (C=O) groups is 1. The number of aromatic nitrogens is 2. The zero-order valence-corrected chi connectivity index (χ0v) is 16.9. The second-order valence-electron chi connectivity index (χ2n) is 5.91. The van der Waals surface area contributed by atoms with Gasteiger partial charge >= 0.3 is 0 Å². The molecule has 1 heterocycles. The van der Waals surface area contributed by atoms with Crippen LogP contribution in [0.4, 0.5) is 0 Å². The molecule has 0 spiro atoms. The largest absolute Gasteiger partial charge is 0.335 e. The molecular weight excluding hydrogens is 384 g/mol. The molecule has 0 radical (unpaired) electrons. The Kier molecular flexibility index (Phi) is 7.23. The van der Waals surface area contributed by atoms with Gasteiger partial charge in [0.25, 0.3) is 0 Å². The fourth-order valence-corrected chi connectivity index (χ4v) is 4.10. The summed E-state index contributed by atoms with van der Waals surface area (Å²) in [5.41, 5.74) is 1.35. The first-order valence-corrected chi connectivity index (χ1v) is 11.0. The van der Waals surface area contributed by atoms with Crippen molar-refractivity contribution in [1.82, 2.24) is 14.5 Å². The predicted molar refractivity (Wildman–Crippen MR) is 109 cm³/mol. The van der Waals surface area contributed by atoms with Crippen LogP contribution in [-0.4, -0.2) is 47.6 Å². The highest BCUT2D eigenvalue weighted by molar-refractivity contribution is 7.99. The van der Waals surface area contributed by atoms with Crippen molar-refractivity contribution in [2.45, 2.75) is 29.9 Å². The third-order valence-corrected chi connectivity index (χ3v) is 5.71. The lowest BCUT2D eigenvalue weighted by molar-refractivity contribution is -0.127. The van der Waals surface area contributed by atoms with Gasteiger partial charge in [0, 0.05) is 19.6 Å². The van der Waals surface area contributed by atoms with Crippen molar-refractivity contribution in [3.05, 3.63) is 43.5 Å². The summed E-state index contributed by atoms with van der Waals surface area (Å²) in [6.45, 7) is 11.0. The summed E-state index contributed by atoms with van der Waals surface area (Å²) in [5.74, 6) is 0.177. The van der Waals surface area contributed by atoms with Gasteiger partial charge in [-0.15, -0.1) is 13.2 Å². The maximum atomic E-state index is 12.4. The summed E-state index contributed by atoms with van der Waals surface area (Å²) >= 11 is 1.33. The third-order valence-electron chi connectivity index (χ3n) is 3.84. The number of aryl methyl sites for hydroxylation is 1. The van der Waals surface area contributed by atoms with Crippen LogP contribution < -0.4 is 5.14 Å². The Bertz CT molecular complexity index is 941. The van der Waals surface area contributed by atoms with Crippen molar-refractivity contribution in [1.29, 1.82) is 0 Å². The van der Waals surface area contributed by atoms with Crippen molar-refractivity contribution < 1.29 is 13.2 Å². The van der Waals surface area contributed by atoms with E-state index in [2.05, 4.69) is 18.1 Å². The Labute approximate surface area is 164 Å². The van der Waals surface area contributed by atoms with Gasteiger partial charge in [0.2, 0.25) is 15.9 Å². The molecule has 0 saturated carbocycles. The summed E-state index contributed by atoms with van der Waals surface area (Å²) in [6.07, 6.45) is 4.23. The van der Waals surface area contributed by atoms with Gasteiger partial charge in [-0.1, -0.05) is 30.8 Å². The SMILES string of the molecule is C=CCN(CC=C)C(=O)CSc1nc2cc(S(N)(=O)=O)ccc2n1CCC. The lowest BCUT2D eigenvalue weighted by Gasteiger charge is -2.18. The van der Waals surface area contributed by atoms with Gasteiger partial charge in [-0.25, -0.2) is 18.5 Å². The number of thioether (sulfide) groups is 1. The average molecular weight is 409 g/mol. The number of carbonyl (C=O) groups excluding carboxylic acids is 1. The number of nitrogens with two attached hydrogens (primary N) is 1. The molecule has 0 atom stereocenters. The summed E-state index contributed by atoms with van der Waals surface area (Å²) < 4.78 is 25.1. The van der Waals surface area contributed by atoms with Crippen LogP contribution in [0.2, 0.25) is 0 Å². The number of sulfonamides is 1. The molecule has 2 rings (SSSR count). The van der Waals surface area contributed by atoms with Crippen molar-refractivity contribution in [3.63, 3.8) is 0 Å². The smallest absolute Gasteiger partial charge is 0.238 e. The maximum absolute atomic E-state index is 12.4. The number of benzene rings is 1. The fraction of sp³-hybridized carbons (Fsp3) is 0.333. The highest BCUT2D eigenvalue weighted by Crippen LogP contribution is 2.26. The van der Waals surface area contributed by atoms with Crippen LogP contribution in [-0.2, 0) is 21.4 Å². The molecule has 146 valence electrons. The molecule has 27 heavy (non-hydrogen) atoms. The van der Waals surface area contributed by atoms with Gasteiger partial charge < -0.3 is 9.47 Å². The molecule has 0 unspecified atom stereocenters. The second kappa shape index (κ2) is 9.20. The third kappa shape index (κ3) is 5.21. The number of hydrogen-bond acceptors (Lipinski definition) is 5. The number of fused-ring (bicyclic) bond motifs is 1. The van der Waals surface area contributed by atoms with Crippen LogP contribution >= 0.6 is 11.8 Å². The van der Waals surface area contributed by atoms with Crippen molar-refractivity contribution in [2.24, 2.45) is 5.14 Å². The van der Waals surface area contributed by atoms with Crippen molar-refractivity contribution in [2.75, 3.05) is 18.8 Å². The molecule has 0 aliphatic heterocycles. The van der Waals surface area contributed by atoms with E-state index in [9.17, 15) is 13.2 Å². The summed E-state index contributed by atoms with van der Waals surface area (Å²) in [6, 6.07) is 4.64. The minimum Gasteiger partial charge on any atom is -0.335 e. The van der Waals surface area contributed by atoms with Gasteiger partial charge in [-0.3, -0.25) is 4.79 Å². The van der Waals surface area contributed by atoms with Crippen LogP contribution in [0.25, 0.3) is 11.0 Å². The average Bonchev–Trinajstić information content (AvgIpc) is 2.96. The first kappa shape index (κ1) is 21.2. The molecule has 0 fully saturated rings. The molecule has 1 aromatic heterocycles. The monoisotopic (exact) mass is 408 g/mol. The summed E-state index contributed by atoms with van der Waals surface area (Å²) in [5, 5.41) is 5.88. The number of primary sulfonamides is 1.